The Morgan fingerprint density at radius 1 is 1.64 bits per heavy atom. The van der Waals surface area contributed by atoms with Crippen LogP contribution in [-0.4, -0.2) is 37.4 Å². The second-order valence-corrected chi connectivity index (χ2v) is 3.43. The van der Waals surface area contributed by atoms with Crippen LogP contribution in [-0.2, 0) is 4.79 Å². The Kier molecular flexibility index (Phi) is 2.62. The minimum atomic E-state index is 0.185. The first kappa shape index (κ1) is 8.68. The minimum Gasteiger partial charge on any atom is -0.330 e. The lowest BCUT2D eigenvalue weighted by atomic mass is 9.93. The van der Waals surface area contributed by atoms with Crippen molar-refractivity contribution in [2.75, 3.05) is 26.7 Å². The van der Waals surface area contributed by atoms with E-state index in [1.54, 1.807) is 6.92 Å². The van der Waals surface area contributed by atoms with E-state index in [-0.39, 0.29) is 11.7 Å². The highest BCUT2D eigenvalue weighted by atomic mass is 16.1. The number of hydrogen-bond donors (Lipinski definition) is 1. The van der Waals surface area contributed by atoms with E-state index in [0.717, 1.165) is 13.1 Å². The van der Waals surface area contributed by atoms with Crippen LogP contribution in [0.1, 0.15) is 6.92 Å². The first-order valence-corrected chi connectivity index (χ1v) is 4.04. The molecule has 0 radical (unpaired) electrons. The van der Waals surface area contributed by atoms with Crippen LogP contribution >= 0.6 is 0 Å². The summed E-state index contributed by atoms with van der Waals surface area (Å²) in [6.45, 7) is 4.15. The van der Waals surface area contributed by atoms with Crippen LogP contribution in [0.4, 0.5) is 0 Å². The predicted molar refractivity (Wildman–Crippen MR) is 44.2 cm³/mol. The van der Waals surface area contributed by atoms with Crippen molar-refractivity contribution in [2.45, 2.75) is 6.92 Å². The van der Waals surface area contributed by atoms with Gasteiger partial charge in [-0.15, -0.1) is 0 Å². The molecule has 0 amide bonds. The zero-order chi connectivity index (χ0) is 8.43. The summed E-state index contributed by atoms with van der Waals surface area (Å²) in [7, 11) is 2.03. The van der Waals surface area contributed by atoms with Crippen molar-refractivity contribution >= 4 is 5.78 Å². The van der Waals surface area contributed by atoms with E-state index in [9.17, 15) is 4.79 Å². The first-order valence-electron chi connectivity index (χ1n) is 4.04. The quantitative estimate of drug-likeness (QED) is 0.597. The van der Waals surface area contributed by atoms with Gasteiger partial charge in [-0.25, -0.2) is 0 Å². The van der Waals surface area contributed by atoms with Crippen molar-refractivity contribution in [1.29, 1.82) is 0 Å². The summed E-state index contributed by atoms with van der Waals surface area (Å²) in [5, 5.41) is 0. The van der Waals surface area contributed by atoms with Gasteiger partial charge in [0.1, 0.15) is 5.78 Å². The molecule has 2 N–H and O–H groups in total. The summed E-state index contributed by atoms with van der Waals surface area (Å²) in [4.78, 5) is 13.2. The lowest BCUT2D eigenvalue weighted by Gasteiger charge is -2.11. The van der Waals surface area contributed by atoms with E-state index in [0.29, 0.717) is 12.5 Å². The maximum Gasteiger partial charge on any atom is 0.134 e. The van der Waals surface area contributed by atoms with Gasteiger partial charge >= 0.3 is 0 Å². The first-order chi connectivity index (χ1) is 5.15. The maximum atomic E-state index is 11.1. The third-order valence-corrected chi connectivity index (χ3v) is 2.45. The molecule has 1 fully saturated rings. The van der Waals surface area contributed by atoms with Gasteiger partial charge in [-0.3, -0.25) is 4.79 Å². The highest BCUT2D eigenvalue weighted by Crippen LogP contribution is 2.21. The van der Waals surface area contributed by atoms with Crippen LogP contribution in [0.25, 0.3) is 0 Å². The fraction of sp³-hybridized carbons (Fsp3) is 0.875. The summed E-state index contributed by atoms with van der Waals surface area (Å²) < 4.78 is 0. The van der Waals surface area contributed by atoms with Crippen molar-refractivity contribution in [2.24, 2.45) is 17.6 Å². The monoisotopic (exact) mass is 156 g/mol. The zero-order valence-electron chi connectivity index (χ0n) is 7.21. The Hall–Kier alpha value is -0.410. The van der Waals surface area contributed by atoms with Gasteiger partial charge in [-0.2, -0.15) is 0 Å². The summed E-state index contributed by atoms with van der Waals surface area (Å²) in [6, 6.07) is 0. The van der Waals surface area contributed by atoms with Crippen molar-refractivity contribution < 1.29 is 4.79 Å². The van der Waals surface area contributed by atoms with Crippen LogP contribution in [0, 0.1) is 11.8 Å². The van der Waals surface area contributed by atoms with E-state index >= 15 is 0 Å². The Labute approximate surface area is 67.5 Å². The van der Waals surface area contributed by atoms with Gasteiger partial charge in [0.2, 0.25) is 0 Å². The number of nitrogens with zero attached hydrogens (tertiary/aromatic N) is 1. The zero-order valence-corrected chi connectivity index (χ0v) is 7.21. The topological polar surface area (TPSA) is 46.3 Å². The summed E-state index contributed by atoms with van der Waals surface area (Å²) in [5.74, 6) is 0.854. The van der Waals surface area contributed by atoms with Crippen molar-refractivity contribution in [3.8, 4) is 0 Å². The number of Topliss-reactive ketones (excluding diaryl/α,β-unsaturated/α-hetero) is 1. The van der Waals surface area contributed by atoms with E-state index in [1.807, 2.05) is 7.05 Å². The van der Waals surface area contributed by atoms with E-state index in [2.05, 4.69) is 4.90 Å². The highest BCUT2D eigenvalue weighted by molar-refractivity contribution is 5.79. The highest BCUT2D eigenvalue weighted by Gasteiger charge is 2.32. The lowest BCUT2D eigenvalue weighted by molar-refractivity contribution is -0.121. The molecule has 1 aliphatic rings. The normalized spacial score (nSPS) is 32.6. The number of rotatable bonds is 2. The molecule has 2 atom stereocenters. The van der Waals surface area contributed by atoms with Crippen LogP contribution in [0.2, 0.25) is 0 Å². The molecule has 1 heterocycles. The fourth-order valence-electron chi connectivity index (χ4n) is 1.79. The third kappa shape index (κ3) is 1.79. The SMILES string of the molecule is CC(=O)[C@H]1CN(C)C[C@H]1CN. The maximum absolute atomic E-state index is 11.1. The Balaban J connectivity index is 2.57. The molecule has 0 saturated carbocycles. The van der Waals surface area contributed by atoms with Gasteiger partial charge in [0.25, 0.3) is 0 Å². The molecule has 1 rings (SSSR count). The molecular weight excluding hydrogens is 140 g/mol. The van der Waals surface area contributed by atoms with Gasteiger partial charge in [-0.1, -0.05) is 0 Å². The standard InChI is InChI=1S/C8H16N2O/c1-6(11)8-5-10(2)4-7(8)3-9/h7-8H,3-5,9H2,1-2H3/t7-,8-/m1/s1. The molecule has 0 unspecified atom stereocenters. The summed E-state index contributed by atoms with van der Waals surface area (Å²) >= 11 is 0. The Bertz CT molecular complexity index is 158. The average molecular weight is 156 g/mol. The molecular formula is C8H16N2O. The van der Waals surface area contributed by atoms with Crippen LogP contribution in [0.3, 0.4) is 0 Å². The van der Waals surface area contributed by atoms with Crippen molar-refractivity contribution in [1.82, 2.24) is 4.90 Å². The number of ketones is 1. The van der Waals surface area contributed by atoms with Crippen LogP contribution in [0.15, 0.2) is 0 Å². The van der Waals surface area contributed by atoms with E-state index < -0.39 is 0 Å². The van der Waals surface area contributed by atoms with Crippen molar-refractivity contribution in [3.05, 3.63) is 0 Å². The van der Waals surface area contributed by atoms with Gasteiger partial charge < -0.3 is 10.6 Å². The van der Waals surface area contributed by atoms with E-state index in [1.165, 1.54) is 0 Å². The Morgan fingerprint density at radius 2 is 2.27 bits per heavy atom. The molecule has 0 spiro atoms. The lowest BCUT2D eigenvalue weighted by Crippen LogP contribution is -2.26. The average Bonchev–Trinajstić information content (AvgIpc) is 2.30. The Morgan fingerprint density at radius 3 is 2.64 bits per heavy atom. The smallest absolute Gasteiger partial charge is 0.134 e. The number of carbonyl (C=O) groups is 1. The van der Waals surface area contributed by atoms with Gasteiger partial charge in [0, 0.05) is 19.0 Å². The van der Waals surface area contributed by atoms with Crippen LogP contribution < -0.4 is 5.73 Å². The molecule has 0 aromatic carbocycles. The molecule has 1 saturated heterocycles. The molecule has 3 heteroatoms. The number of likely N-dealkylation sites (tertiary alicyclic amines) is 1. The molecule has 0 bridgehead atoms. The molecule has 11 heavy (non-hydrogen) atoms. The van der Waals surface area contributed by atoms with E-state index in [4.69, 9.17) is 5.73 Å². The second kappa shape index (κ2) is 3.32. The molecule has 64 valence electrons. The van der Waals surface area contributed by atoms with Crippen LogP contribution in [0.5, 0.6) is 0 Å². The summed E-state index contributed by atoms with van der Waals surface area (Å²) in [6.07, 6.45) is 0. The second-order valence-electron chi connectivity index (χ2n) is 3.43. The number of nitrogens with two attached hydrogens (primary N) is 1. The number of carbonyl (C=O) groups excluding carboxylic acids is 1. The molecule has 0 aromatic rings. The van der Waals surface area contributed by atoms with Gasteiger partial charge in [0.15, 0.2) is 0 Å². The molecule has 0 aromatic heterocycles. The predicted octanol–water partition coefficient (Wildman–Crippen LogP) is -0.288. The fourth-order valence-corrected chi connectivity index (χ4v) is 1.79. The van der Waals surface area contributed by atoms with Crippen molar-refractivity contribution in [3.63, 3.8) is 0 Å². The summed E-state index contributed by atoms with van der Waals surface area (Å²) in [5.41, 5.74) is 5.55. The molecule has 1 aliphatic heterocycles. The third-order valence-electron chi connectivity index (χ3n) is 2.45. The number of hydrogen-bond acceptors (Lipinski definition) is 3. The molecule has 3 nitrogen and oxygen atoms in total. The van der Waals surface area contributed by atoms with Gasteiger partial charge in [-0.05, 0) is 26.4 Å². The molecule has 0 aliphatic carbocycles. The van der Waals surface area contributed by atoms with Gasteiger partial charge in [0.05, 0.1) is 0 Å². The minimum absolute atomic E-state index is 0.185. The largest absolute Gasteiger partial charge is 0.330 e.